The van der Waals surface area contributed by atoms with Crippen molar-refractivity contribution in [3.63, 3.8) is 0 Å². The molecule has 0 fully saturated rings. The summed E-state index contributed by atoms with van der Waals surface area (Å²) in [6, 6.07) is 17.2. The minimum absolute atomic E-state index is 0.939. The molecule has 116 valence electrons. The third-order valence-electron chi connectivity index (χ3n) is 4.02. The van der Waals surface area contributed by atoms with E-state index < -0.39 is 0 Å². The molecule has 0 spiro atoms. The molecule has 0 aromatic heterocycles. The van der Waals surface area contributed by atoms with Crippen molar-refractivity contribution < 1.29 is 0 Å². The molecule has 22 heavy (non-hydrogen) atoms. The van der Waals surface area contributed by atoms with Crippen LogP contribution in [0.4, 0.5) is 11.4 Å². The molecule has 1 aliphatic heterocycles. The van der Waals surface area contributed by atoms with E-state index in [0.717, 1.165) is 26.2 Å². The molecule has 1 heterocycles. The minimum Gasteiger partial charge on any atom is -0.303 e. The Bertz CT molecular complexity index is 580. The van der Waals surface area contributed by atoms with Crippen LogP contribution in [-0.2, 0) is 0 Å². The van der Waals surface area contributed by atoms with Gasteiger partial charge in [0.05, 0.1) is 11.4 Å². The Morgan fingerprint density at radius 2 is 1.45 bits per heavy atom. The molecule has 1 aliphatic rings. The highest BCUT2D eigenvalue weighted by Gasteiger charge is 2.22. The van der Waals surface area contributed by atoms with Crippen LogP contribution < -0.4 is 10.4 Å². The summed E-state index contributed by atoms with van der Waals surface area (Å²) in [7, 11) is 0. The number of rotatable bonds is 6. The first-order valence-corrected chi connectivity index (χ1v) is 8.77. The number of hydrazine groups is 1. The lowest BCUT2D eigenvalue weighted by Gasteiger charge is -2.33. The quantitative estimate of drug-likeness (QED) is 0.863. The highest BCUT2D eigenvalue weighted by atomic mass is 32.2. The number of hydrogen-bond acceptors (Lipinski definition) is 4. The maximum Gasteiger partial charge on any atom is 0.0717 e. The average Bonchev–Trinajstić information content (AvgIpc) is 2.58. The number of nitrogens with one attached hydrogen (secondary N) is 1. The molecule has 2 aromatic carbocycles. The van der Waals surface area contributed by atoms with Crippen molar-refractivity contribution >= 4 is 23.1 Å². The van der Waals surface area contributed by atoms with Gasteiger partial charge >= 0.3 is 0 Å². The Hall–Kier alpha value is -1.49. The normalized spacial score (nSPS) is 13.1. The smallest absolute Gasteiger partial charge is 0.0717 e. The summed E-state index contributed by atoms with van der Waals surface area (Å²) >= 11 is 1.84. The number of likely N-dealkylation sites (N-methyl/N-ethyl adjacent to an activating group) is 1. The van der Waals surface area contributed by atoms with Crippen LogP contribution in [0.25, 0.3) is 0 Å². The second-order valence-electron chi connectivity index (χ2n) is 5.31. The van der Waals surface area contributed by atoms with Gasteiger partial charge in [0.2, 0.25) is 0 Å². The molecule has 0 saturated carbocycles. The number of hydrogen-bond donors (Lipinski definition) is 1. The zero-order chi connectivity index (χ0) is 15.4. The van der Waals surface area contributed by atoms with Gasteiger partial charge < -0.3 is 4.90 Å². The van der Waals surface area contributed by atoms with Gasteiger partial charge in [-0.2, -0.15) is 0 Å². The number of para-hydroxylation sites is 2. The highest BCUT2D eigenvalue weighted by molar-refractivity contribution is 7.99. The van der Waals surface area contributed by atoms with Crippen molar-refractivity contribution in [3.05, 3.63) is 48.5 Å². The van der Waals surface area contributed by atoms with Crippen LogP contribution >= 0.6 is 11.8 Å². The zero-order valence-electron chi connectivity index (χ0n) is 13.2. The summed E-state index contributed by atoms with van der Waals surface area (Å²) < 4.78 is 0. The summed E-state index contributed by atoms with van der Waals surface area (Å²) in [6.07, 6.45) is 0. The van der Waals surface area contributed by atoms with Crippen LogP contribution in [-0.4, -0.2) is 31.1 Å². The molecular formula is C18H23N3S. The number of anilines is 2. The molecule has 0 amide bonds. The lowest BCUT2D eigenvalue weighted by Crippen LogP contribution is -2.41. The predicted octanol–water partition coefficient (Wildman–Crippen LogP) is 4.14. The van der Waals surface area contributed by atoms with Gasteiger partial charge in [0, 0.05) is 22.9 Å². The summed E-state index contributed by atoms with van der Waals surface area (Å²) in [5.41, 5.74) is 6.09. The van der Waals surface area contributed by atoms with Crippen molar-refractivity contribution in [1.29, 1.82) is 0 Å². The molecule has 0 aliphatic carbocycles. The van der Waals surface area contributed by atoms with E-state index in [1.54, 1.807) is 0 Å². The van der Waals surface area contributed by atoms with Gasteiger partial charge in [0.25, 0.3) is 0 Å². The second kappa shape index (κ2) is 7.18. The van der Waals surface area contributed by atoms with E-state index in [9.17, 15) is 0 Å². The molecular weight excluding hydrogens is 290 g/mol. The van der Waals surface area contributed by atoms with Crippen LogP contribution in [0.15, 0.2) is 58.3 Å². The zero-order valence-corrected chi connectivity index (χ0v) is 14.1. The van der Waals surface area contributed by atoms with Crippen molar-refractivity contribution in [3.8, 4) is 0 Å². The highest BCUT2D eigenvalue weighted by Crippen LogP contribution is 2.46. The number of nitrogens with zero attached hydrogens (tertiary/aromatic N) is 2. The molecule has 0 unspecified atom stereocenters. The Balaban J connectivity index is 1.80. The lowest BCUT2D eigenvalue weighted by molar-refractivity contribution is 0.302. The molecule has 3 nitrogen and oxygen atoms in total. The first-order chi connectivity index (χ1) is 10.8. The second-order valence-corrected chi connectivity index (χ2v) is 6.39. The van der Waals surface area contributed by atoms with Gasteiger partial charge in [-0.05, 0) is 37.4 Å². The third-order valence-corrected chi connectivity index (χ3v) is 5.15. The first-order valence-electron chi connectivity index (χ1n) is 7.95. The average molecular weight is 313 g/mol. The van der Waals surface area contributed by atoms with Crippen molar-refractivity contribution in [2.24, 2.45) is 0 Å². The van der Waals surface area contributed by atoms with Crippen molar-refractivity contribution in [2.45, 2.75) is 23.6 Å². The van der Waals surface area contributed by atoms with Crippen LogP contribution in [0.1, 0.15) is 13.8 Å². The molecule has 0 saturated heterocycles. The maximum absolute atomic E-state index is 3.61. The number of fused-ring (bicyclic) bond motifs is 2. The molecule has 0 atom stereocenters. The predicted molar refractivity (Wildman–Crippen MR) is 94.9 cm³/mol. The molecule has 3 rings (SSSR count). The van der Waals surface area contributed by atoms with Gasteiger partial charge in [0.1, 0.15) is 0 Å². The summed E-state index contributed by atoms with van der Waals surface area (Å²) in [6.45, 7) is 8.62. The van der Waals surface area contributed by atoms with Gasteiger partial charge in [-0.15, -0.1) is 0 Å². The first kappa shape index (κ1) is 15.4. The number of benzene rings is 2. The van der Waals surface area contributed by atoms with Gasteiger partial charge in [-0.1, -0.05) is 49.9 Å². The molecule has 0 radical (unpaired) electrons. The fourth-order valence-electron chi connectivity index (χ4n) is 2.73. The maximum atomic E-state index is 3.61. The minimum atomic E-state index is 0.939. The van der Waals surface area contributed by atoms with E-state index in [4.69, 9.17) is 0 Å². The summed E-state index contributed by atoms with van der Waals surface area (Å²) in [4.78, 5) is 5.04. The third kappa shape index (κ3) is 3.14. The van der Waals surface area contributed by atoms with E-state index in [1.165, 1.54) is 21.2 Å². The van der Waals surface area contributed by atoms with E-state index in [-0.39, 0.29) is 0 Å². The van der Waals surface area contributed by atoms with Crippen LogP contribution in [0.3, 0.4) is 0 Å². The van der Waals surface area contributed by atoms with Gasteiger partial charge in [-0.25, -0.2) is 5.43 Å². The Morgan fingerprint density at radius 3 is 2.00 bits per heavy atom. The molecule has 1 N–H and O–H groups in total. The van der Waals surface area contributed by atoms with Crippen molar-refractivity contribution in [2.75, 3.05) is 31.2 Å². The summed E-state index contributed by atoms with van der Waals surface area (Å²) in [5.74, 6) is 0. The summed E-state index contributed by atoms with van der Waals surface area (Å²) in [5, 5.41) is 2.24. The Kier molecular flexibility index (Phi) is 5.03. The van der Waals surface area contributed by atoms with Crippen molar-refractivity contribution in [1.82, 2.24) is 10.3 Å². The molecule has 2 aromatic rings. The molecule has 4 heteroatoms. The van der Waals surface area contributed by atoms with E-state index in [2.05, 4.69) is 77.7 Å². The topological polar surface area (TPSA) is 18.5 Å². The fourth-order valence-corrected chi connectivity index (χ4v) is 3.79. The van der Waals surface area contributed by atoms with E-state index in [0.29, 0.717) is 0 Å². The fraction of sp³-hybridized carbons (Fsp3) is 0.333. The van der Waals surface area contributed by atoms with Crippen LogP contribution in [0.2, 0.25) is 0 Å². The van der Waals surface area contributed by atoms with E-state index >= 15 is 0 Å². The monoisotopic (exact) mass is 313 g/mol. The standard InChI is InChI=1S/C18H23N3S/c1-3-20(4-2)14-13-19-21-15-9-5-7-11-17(15)22-18-12-8-6-10-16(18)21/h5-12,19H,3-4,13-14H2,1-2H3. The van der Waals surface area contributed by atoms with Crippen LogP contribution in [0.5, 0.6) is 0 Å². The van der Waals surface area contributed by atoms with E-state index in [1.807, 2.05) is 11.8 Å². The largest absolute Gasteiger partial charge is 0.303 e. The van der Waals surface area contributed by atoms with Gasteiger partial charge in [0.15, 0.2) is 0 Å². The SMILES string of the molecule is CCN(CC)CCNN1c2ccccc2Sc2ccccc21. The Labute approximate surface area is 137 Å². The lowest BCUT2D eigenvalue weighted by atomic mass is 10.2. The van der Waals surface area contributed by atoms with Gasteiger partial charge in [-0.3, -0.25) is 5.01 Å². The Morgan fingerprint density at radius 1 is 0.909 bits per heavy atom. The van der Waals surface area contributed by atoms with Crippen LogP contribution in [0, 0.1) is 0 Å². The molecule has 0 bridgehead atoms.